The Morgan fingerprint density at radius 3 is 2.00 bits per heavy atom. The van der Waals surface area contributed by atoms with Gasteiger partial charge in [-0.1, -0.05) is 40.5 Å². The van der Waals surface area contributed by atoms with Crippen LogP contribution in [0.3, 0.4) is 0 Å². The van der Waals surface area contributed by atoms with E-state index in [1.54, 1.807) is 0 Å². The summed E-state index contributed by atoms with van der Waals surface area (Å²) in [4.78, 5) is 0. The van der Waals surface area contributed by atoms with Crippen molar-refractivity contribution in [1.82, 2.24) is 0 Å². The highest BCUT2D eigenvalue weighted by atomic mass is 32.2. The number of rotatable bonds is 2. The van der Waals surface area contributed by atoms with Crippen molar-refractivity contribution in [3.63, 3.8) is 0 Å². The maximum absolute atomic E-state index is 2.48. The van der Waals surface area contributed by atoms with Crippen LogP contribution in [0.2, 0.25) is 0 Å². The molecule has 106 valence electrons. The van der Waals surface area contributed by atoms with Gasteiger partial charge in [0.1, 0.15) is 0 Å². The van der Waals surface area contributed by atoms with Gasteiger partial charge in [-0.15, -0.1) is 0 Å². The zero-order valence-corrected chi connectivity index (χ0v) is 13.7. The topological polar surface area (TPSA) is 0 Å². The third-order valence-electron chi connectivity index (χ3n) is 5.30. The Kier molecular flexibility index (Phi) is 5.08. The van der Waals surface area contributed by atoms with Crippen LogP contribution >= 0.6 is 11.8 Å². The Bertz CT molecular complexity index is 245. The third kappa shape index (κ3) is 3.92. The predicted octanol–water partition coefficient (Wildman–Crippen LogP) is 5.90. The van der Waals surface area contributed by atoms with Gasteiger partial charge < -0.3 is 0 Å². The van der Waals surface area contributed by atoms with Gasteiger partial charge in [-0.2, -0.15) is 11.8 Å². The lowest BCUT2D eigenvalue weighted by molar-refractivity contribution is 0.182. The summed E-state index contributed by atoms with van der Waals surface area (Å²) >= 11 is 2.36. The molecule has 0 nitrogen and oxygen atoms in total. The lowest BCUT2D eigenvalue weighted by Gasteiger charge is -2.39. The van der Waals surface area contributed by atoms with Gasteiger partial charge in [-0.3, -0.25) is 0 Å². The molecule has 0 aliphatic heterocycles. The van der Waals surface area contributed by atoms with Crippen molar-refractivity contribution >= 4 is 11.8 Å². The van der Waals surface area contributed by atoms with Gasteiger partial charge in [0.15, 0.2) is 0 Å². The summed E-state index contributed by atoms with van der Waals surface area (Å²) in [6, 6.07) is 0. The fourth-order valence-electron chi connectivity index (χ4n) is 3.80. The summed E-state index contributed by atoms with van der Waals surface area (Å²) in [6.45, 7) is 9.76. The second-order valence-corrected chi connectivity index (χ2v) is 9.32. The molecule has 0 aromatic rings. The van der Waals surface area contributed by atoms with Crippen LogP contribution in [0, 0.1) is 17.3 Å². The summed E-state index contributed by atoms with van der Waals surface area (Å²) in [7, 11) is 0. The Morgan fingerprint density at radius 2 is 1.44 bits per heavy atom. The highest BCUT2D eigenvalue weighted by Gasteiger charge is 2.32. The van der Waals surface area contributed by atoms with Crippen LogP contribution in [0.5, 0.6) is 0 Å². The summed E-state index contributed by atoms with van der Waals surface area (Å²) in [6.07, 6.45) is 11.9. The smallest absolute Gasteiger partial charge is 0.00754 e. The van der Waals surface area contributed by atoms with Crippen LogP contribution in [0.15, 0.2) is 0 Å². The molecule has 0 aromatic heterocycles. The van der Waals surface area contributed by atoms with Crippen molar-refractivity contribution in [2.75, 3.05) is 0 Å². The fourth-order valence-corrected chi connectivity index (χ4v) is 5.54. The van der Waals surface area contributed by atoms with Crippen LogP contribution in [0.25, 0.3) is 0 Å². The molecule has 2 saturated carbocycles. The van der Waals surface area contributed by atoms with E-state index in [1.807, 2.05) is 0 Å². The molecular formula is C17H32S. The molecule has 0 radical (unpaired) electrons. The average molecular weight is 269 g/mol. The molecule has 2 atom stereocenters. The molecule has 2 rings (SSSR count). The van der Waals surface area contributed by atoms with Gasteiger partial charge in [-0.25, -0.2) is 0 Å². The molecule has 0 saturated heterocycles. The quantitative estimate of drug-likeness (QED) is 0.600. The van der Waals surface area contributed by atoms with Crippen LogP contribution in [-0.4, -0.2) is 10.5 Å². The van der Waals surface area contributed by atoms with E-state index in [2.05, 4.69) is 39.5 Å². The minimum Gasteiger partial charge on any atom is -0.155 e. The van der Waals surface area contributed by atoms with Crippen LogP contribution in [-0.2, 0) is 0 Å². The largest absolute Gasteiger partial charge is 0.155 e. The van der Waals surface area contributed by atoms with Gasteiger partial charge in [0.2, 0.25) is 0 Å². The monoisotopic (exact) mass is 268 g/mol. The number of thioether (sulfide) groups is 1. The molecule has 2 fully saturated rings. The molecule has 0 heterocycles. The van der Waals surface area contributed by atoms with Crippen LogP contribution in [0.4, 0.5) is 0 Å². The summed E-state index contributed by atoms with van der Waals surface area (Å²) < 4.78 is 0. The molecule has 0 spiro atoms. The highest BCUT2D eigenvalue weighted by molar-refractivity contribution is 8.00. The first kappa shape index (κ1) is 14.8. The Balaban J connectivity index is 1.76. The molecule has 18 heavy (non-hydrogen) atoms. The Morgan fingerprint density at radius 1 is 0.833 bits per heavy atom. The lowest BCUT2D eigenvalue weighted by atomic mass is 9.72. The van der Waals surface area contributed by atoms with Gasteiger partial charge in [0.05, 0.1) is 0 Å². The van der Waals surface area contributed by atoms with Crippen molar-refractivity contribution in [2.45, 2.75) is 89.6 Å². The molecular weight excluding hydrogens is 236 g/mol. The van der Waals surface area contributed by atoms with E-state index < -0.39 is 0 Å². The first-order chi connectivity index (χ1) is 8.47. The standard InChI is InChI=1S/C17H32S/c1-13-7-5-6-8-16(13)18-15-11-9-14(10-12-15)17(2,3)4/h13-16H,5-12H2,1-4H3. The van der Waals surface area contributed by atoms with Crippen LogP contribution in [0.1, 0.15) is 79.1 Å². The Labute approximate surface area is 119 Å². The zero-order valence-electron chi connectivity index (χ0n) is 12.9. The number of hydrogen-bond acceptors (Lipinski definition) is 1. The molecule has 2 aliphatic carbocycles. The predicted molar refractivity (Wildman–Crippen MR) is 84.2 cm³/mol. The summed E-state index contributed by atoms with van der Waals surface area (Å²) in [5.41, 5.74) is 0.535. The first-order valence-corrected chi connectivity index (χ1v) is 9.06. The maximum atomic E-state index is 2.48. The van der Waals surface area contributed by atoms with E-state index >= 15 is 0 Å². The maximum Gasteiger partial charge on any atom is 0.00754 e. The minimum absolute atomic E-state index is 0.535. The number of hydrogen-bond donors (Lipinski definition) is 0. The third-order valence-corrected chi connectivity index (χ3v) is 7.21. The second kappa shape index (κ2) is 6.20. The van der Waals surface area contributed by atoms with Crippen molar-refractivity contribution in [3.05, 3.63) is 0 Å². The van der Waals surface area contributed by atoms with E-state index in [1.165, 1.54) is 51.4 Å². The average Bonchev–Trinajstić information content (AvgIpc) is 2.32. The van der Waals surface area contributed by atoms with Crippen molar-refractivity contribution in [2.24, 2.45) is 17.3 Å². The summed E-state index contributed by atoms with van der Waals surface area (Å²) in [5.74, 6) is 1.95. The van der Waals surface area contributed by atoms with E-state index in [0.29, 0.717) is 5.41 Å². The SMILES string of the molecule is CC1CCCCC1SC1CCC(C(C)(C)C)CC1. The molecule has 2 aliphatic rings. The molecule has 2 unspecified atom stereocenters. The van der Waals surface area contributed by atoms with E-state index in [-0.39, 0.29) is 0 Å². The zero-order chi connectivity index (χ0) is 13.2. The molecule has 0 bridgehead atoms. The van der Waals surface area contributed by atoms with E-state index in [9.17, 15) is 0 Å². The van der Waals surface area contributed by atoms with Gasteiger partial charge >= 0.3 is 0 Å². The fraction of sp³-hybridized carbons (Fsp3) is 1.00. The van der Waals surface area contributed by atoms with Gasteiger partial charge in [0.25, 0.3) is 0 Å². The van der Waals surface area contributed by atoms with Crippen molar-refractivity contribution in [3.8, 4) is 0 Å². The molecule has 0 aromatic carbocycles. The highest BCUT2D eigenvalue weighted by Crippen LogP contribution is 2.44. The van der Waals surface area contributed by atoms with Gasteiger partial charge in [-0.05, 0) is 55.8 Å². The van der Waals surface area contributed by atoms with Crippen LogP contribution < -0.4 is 0 Å². The minimum atomic E-state index is 0.535. The van der Waals surface area contributed by atoms with Gasteiger partial charge in [0, 0.05) is 10.5 Å². The van der Waals surface area contributed by atoms with E-state index in [4.69, 9.17) is 0 Å². The molecule has 1 heteroatoms. The van der Waals surface area contributed by atoms with E-state index in [0.717, 1.165) is 22.3 Å². The second-order valence-electron chi connectivity index (χ2n) is 7.78. The molecule has 0 amide bonds. The normalized spacial score (nSPS) is 38.7. The summed E-state index contributed by atoms with van der Waals surface area (Å²) in [5, 5.41) is 1.96. The van der Waals surface area contributed by atoms with Crippen molar-refractivity contribution < 1.29 is 0 Å². The first-order valence-electron chi connectivity index (χ1n) is 8.12. The lowest BCUT2D eigenvalue weighted by Crippen LogP contribution is -2.29. The Hall–Kier alpha value is 0.350. The molecule has 0 N–H and O–H groups in total. The van der Waals surface area contributed by atoms with Crippen molar-refractivity contribution in [1.29, 1.82) is 0 Å².